The maximum atomic E-state index is 12.1. The van der Waals surface area contributed by atoms with E-state index in [9.17, 15) is 14.9 Å². The highest BCUT2D eigenvalue weighted by atomic mass is 16.6. The van der Waals surface area contributed by atoms with Crippen LogP contribution in [0.25, 0.3) is 0 Å². The molecule has 0 atom stereocenters. The minimum atomic E-state index is -0.460. The van der Waals surface area contributed by atoms with Crippen LogP contribution < -0.4 is 10.3 Å². The predicted molar refractivity (Wildman–Crippen MR) is 96.9 cm³/mol. The van der Waals surface area contributed by atoms with Crippen LogP contribution >= 0.6 is 0 Å². The number of ketones is 1. The highest BCUT2D eigenvalue weighted by Gasteiger charge is 2.23. The van der Waals surface area contributed by atoms with Gasteiger partial charge in [-0.3, -0.25) is 20.3 Å². The van der Waals surface area contributed by atoms with Crippen LogP contribution in [0.2, 0.25) is 0 Å². The van der Waals surface area contributed by atoms with Crippen molar-refractivity contribution in [2.75, 3.05) is 16.9 Å². The zero-order valence-electron chi connectivity index (χ0n) is 13.8. The molecule has 0 bridgehead atoms. The molecule has 128 valence electrons. The van der Waals surface area contributed by atoms with E-state index in [0.717, 1.165) is 25.1 Å². The molecule has 0 fully saturated rings. The topological polar surface area (TPSA) is 87.8 Å². The molecule has 1 N–H and O–H groups in total. The van der Waals surface area contributed by atoms with Crippen molar-refractivity contribution in [3.8, 4) is 0 Å². The Bertz CT molecular complexity index is 830. The molecule has 3 rings (SSSR count). The van der Waals surface area contributed by atoms with Gasteiger partial charge in [-0.25, -0.2) is 0 Å². The van der Waals surface area contributed by atoms with E-state index in [2.05, 4.69) is 16.6 Å². The average Bonchev–Trinajstić information content (AvgIpc) is 2.62. The van der Waals surface area contributed by atoms with Crippen molar-refractivity contribution in [1.82, 2.24) is 0 Å². The molecule has 0 saturated heterocycles. The molecule has 2 aromatic rings. The largest absolute Gasteiger partial charge is 0.322 e. The highest BCUT2D eigenvalue weighted by molar-refractivity contribution is 6.43. The summed E-state index contributed by atoms with van der Waals surface area (Å²) < 4.78 is 0. The van der Waals surface area contributed by atoms with E-state index in [1.54, 1.807) is 12.1 Å². The van der Waals surface area contributed by atoms with Crippen LogP contribution in [-0.4, -0.2) is 23.1 Å². The van der Waals surface area contributed by atoms with Gasteiger partial charge >= 0.3 is 0 Å². The van der Waals surface area contributed by atoms with Gasteiger partial charge in [-0.15, -0.1) is 0 Å². The van der Waals surface area contributed by atoms with Crippen molar-refractivity contribution < 1.29 is 9.72 Å². The second kappa shape index (κ2) is 7.12. The fraction of sp³-hybridized carbons (Fsp3) is 0.222. The molecule has 2 aromatic carbocycles. The number of nitro benzene ring substituents is 1. The Morgan fingerprint density at radius 2 is 1.92 bits per heavy atom. The number of hydrazone groups is 1. The van der Waals surface area contributed by atoms with Gasteiger partial charge in [-0.2, -0.15) is 5.10 Å². The third-order valence-corrected chi connectivity index (χ3v) is 4.05. The number of nitro groups is 1. The molecule has 25 heavy (non-hydrogen) atoms. The van der Waals surface area contributed by atoms with Gasteiger partial charge in [0.2, 0.25) is 0 Å². The first-order chi connectivity index (χ1) is 12.1. The molecule has 7 heteroatoms. The fourth-order valence-corrected chi connectivity index (χ4v) is 2.86. The number of hydrogen-bond acceptors (Lipinski definition) is 5. The maximum absolute atomic E-state index is 12.1. The van der Waals surface area contributed by atoms with Crippen LogP contribution in [0.15, 0.2) is 53.6 Å². The van der Waals surface area contributed by atoms with E-state index in [4.69, 9.17) is 0 Å². The van der Waals surface area contributed by atoms with Crippen LogP contribution in [-0.2, 0) is 11.2 Å². The van der Waals surface area contributed by atoms with Crippen LogP contribution in [0, 0.1) is 10.1 Å². The molecule has 0 aliphatic carbocycles. The predicted octanol–water partition coefficient (Wildman–Crippen LogP) is 3.36. The van der Waals surface area contributed by atoms with Crippen LogP contribution in [0.5, 0.6) is 0 Å². The molecule has 0 saturated carbocycles. The summed E-state index contributed by atoms with van der Waals surface area (Å²) in [5, 5.41) is 15.0. The Morgan fingerprint density at radius 3 is 2.60 bits per heavy atom. The third kappa shape index (κ3) is 3.65. The van der Waals surface area contributed by atoms with Crippen molar-refractivity contribution in [2.24, 2.45) is 5.10 Å². The number of fused-ring (bicyclic) bond motifs is 1. The smallest absolute Gasteiger partial charge is 0.269 e. The summed E-state index contributed by atoms with van der Waals surface area (Å²) in [6.07, 6.45) is 1.93. The lowest BCUT2D eigenvalue weighted by Crippen LogP contribution is -2.39. The Kier molecular flexibility index (Phi) is 4.74. The molecule has 1 heterocycles. The lowest BCUT2D eigenvalue weighted by molar-refractivity contribution is -0.384. The van der Waals surface area contributed by atoms with Crippen molar-refractivity contribution in [3.63, 3.8) is 0 Å². The number of nitrogens with one attached hydrogen (secondary N) is 1. The van der Waals surface area contributed by atoms with Crippen molar-refractivity contribution in [1.29, 1.82) is 0 Å². The Hall–Kier alpha value is -3.22. The molecule has 0 spiro atoms. The average molecular weight is 338 g/mol. The van der Waals surface area contributed by atoms with Gasteiger partial charge in [-0.05, 0) is 36.6 Å². The summed E-state index contributed by atoms with van der Waals surface area (Å²) in [6.45, 7) is 2.20. The number of amidine groups is 1. The standard InChI is InChI=1S/C18H18N4O3/c1-13(23)18(20-19-15-8-10-16(11-9-15)22(24)25)21-12-4-6-14-5-2-3-7-17(14)21/h2-3,5,7-11,19H,4,6,12H2,1H3/b20-18-. The summed E-state index contributed by atoms with van der Waals surface area (Å²) >= 11 is 0. The van der Waals surface area contributed by atoms with Gasteiger partial charge in [-0.1, -0.05) is 18.2 Å². The molecule has 1 aliphatic rings. The Balaban J connectivity index is 1.85. The van der Waals surface area contributed by atoms with E-state index < -0.39 is 4.92 Å². The first-order valence-corrected chi connectivity index (χ1v) is 8.01. The van der Waals surface area contributed by atoms with Crippen molar-refractivity contribution >= 4 is 28.7 Å². The summed E-state index contributed by atoms with van der Waals surface area (Å²) in [5.74, 6) is 0.177. The number of anilines is 2. The number of hydrogen-bond donors (Lipinski definition) is 1. The van der Waals surface area contributed by atoms with Gasteiger partial charge < -0.3 is 4.90 Å². The first kappa shape index (κ1) is 16.6. The minimum absolute atomic E-state index is 0.00581. The van der Waals surface area contributed by atoms with Crippen LogP contribution in [0.3, 0.4) is 0 Å². The molecular formula is C18H18N4O3. The van der Waals surface area contributed by atoms with E-state index >= 15 is 0 Å². The van der Waals surface area contributed by atoms with Gasteiger partial charge in [0.1, 0.15) is 0 Å². The summed E-state index contributed by atoms with van der Waals surface area (Å²) in [6, 6.07) is 13.9. The number of non-ortho nitro benzene ring substituents is 1. The van der Waals surface area contributed by atoms with Crippen molar-refractivity contribution in [3.05, 3.63) is 64.2 Å². The SMILES string of the molecule is CC(=O)/C(=N/Nc1ccc([N+](=O)[O-])cc1)N1CCCc2ccccc21. The van der Waals surface area contributed by atoms with E-state index in [-0.39, 0.29) is 11.5 Å². The number of benzene rings is 2. The summed E-state index contributed by atoms with van der Waals surface area (Å²) in [4.78, 5) is 24.3. The second-order valence-corrected chi connectivity index (χ2v) is 5.79. The zero-order valence-corrected chi connectivity index (χ0v) is 13.8. The number of nitrogens with zero attached hydrogens (tertiary/aromatic N) is 3. The Morgan fingerprint density at radius 1 is 1.20 bits per heavy atom. The molecule has 1 aliphatic heterocycles. The highest BCUT2D eigenvalue weighted by Crippen LogP contribution is 2.27. The molecule has 0 radical (unpaired) electrons. The Labute approximate surface area is 145 Å². The number of Topliss-reactive ketones (excluding diaryl/α,β-unsaturated/α-hetero) is 1. The number of aryl methyl sites for hydroxylation is 1. The van der Waals surface area contributed by atoms with Crippen LogP contribution in [0.1, 0.15) is 18.9 Å². The molecular weight excluding hydrogens is 320 g/mol. The summed E-state index contributed by atoms with van der Waals surface area (Å²) in [7, 11) is 0. The molecule has 0 unspecified atom stereocenters. The second-order valence-electron chi connectivity index (χ2n) is 5.79. The molecule has 0 amide bonds. The van der Waals surface area contributed by atoms with Gasteiger partial charge in [0, 0.05) is 31.3 Å². The lowest BCUT2D eigenvalue weighted by atomic mass is 10.0. The normalized spacial score (nSPS) is 14.0. The maximum Gasteiger partial charge on any atom is 0.269 e. The monoisotopic (exact) mass is 338 g/mol. The summed E-state index contributed by atoms with van der Waals surface area (Å²) in [5.41, 5.74) is 5.59. The van der Waals surface area contributed by atoms with Gasteiger partial charge in [0.05, 0.1) is 10.6 Å². The number of para-hydroxylation sites is 1. The van der Waals surface area contributed by atoms with Gasteiger partial charge in [0.25, 0.3) is 5.69 Å². The zero-order chi connectivity index (χ0) is 17.8. The van der Waals surface area contributed by atoms with E-state index in [1.807, 2.05) is 23.1 Å². The van der Waals surface area contributed by atoms with Gasteiger partial charge in [0.15, 0.2) is 11.6 Å². The molecule has 7 nitrogen and oxygen atoms in total. The molecule has 0 aromatic heterocycles. The lowest BCUT2D eigenvalue weighted by Gasteiger charge is -2.30. The van der Waals surface area contributed by atoms with E-state index in [1.165, 1.54) is 24.6 Å². The number of carbonyl (C=O) groups excluding carboxylic acids is 1. The minimum Gasteiger partial charge on any atom is -0.322 e. The van der Waals surface area contributed by atoms with E-state index in [0.29, 0.717) is 11.5 Å². The number of carbonyl (C=O) groups is 1. The van der Waals surface area contributed by atoms with Crippen LogP contribution in [0.4, 0.5) is 17.1 Å². The first-order valence-electron chi connectivity index (χ1n) is 8.01. The van der Waals surface area contributed by atoms with Crippen molar-refractivity contribution in [2.45, 2.75) is 19.8 Å². The quantitative estimate of drug-likeness (QED) is 0.400. The number of rotatable bonds is 4. The fourth-order valence-electron chi connectivity index (χ4n) is 2.86. The third-order valence-electron chi connectivity index (χ3n) is 4.05.